The van der Waals surface area contributed by atoms with Gasteiger partial charge in [0.15, 0.2) is 11.5 Å². The summed E-state index contributed by atoms with van der Waals surface area (Å²) in [5.41, 5.74) is 4.31. The molecule has 1 atom stereocenters. The van der Waals surface area contributed by atoms with Gasteiger partial charge in [0.2, 0.25) is 11.7 Å². The lowest BCUT2D eigenvalue weighted by Crippen LogP contribution is -2.48. The van der Waals surface area contributed by atoms with Crippen LogP contribution in [0.5, 0.6) is 0 Å². The average Bonchev–Trinajstić information content (AvgIpc) is 3.18. The number of rotatable bonds is 4. The van der Waals surface area contributed by atoms with E-state index in [9.17, 15) is 14.4 Å². The fourth-order valence-corrected chi connectivity index (χ4v) is 5.27. The predicted molar refractivity (Wildman–Crippen MR) is 108 cm³/mol. The molecule has 6 heteroatoms. The number of thioether (sulfide) groups is 1. The van der Waals surface area contributed by atoms with Crippen LogP contribution in [0, 0.1) is 20.8 Å². The molecule has 0 saturated carbocycles. The molecule has 0 aliphatic carbocycles. The van der Waals surface area contributed by atoms with E-state index < -0.39 is 10.8 Å². The van der Waals surface area contributed by atoms with Gasteiger partial charge in [-0.25, -0.2) is 4.79 Å². The smallest absolute Gasteiger partial charge is 0.343 e. The van der Waals surface area contributed by atoms with Gasteiger partial charge >= 0.3 is 5.97 Å². The quantitative estimate of drug-likeness (QED) is 0.579. The van der Waals surface area contributed by atoms with Gasteiger partial charge in [0, 0.05) is 23.3 Å². The maximum absolute atomic E-state index is 13.0. The molecule has 0 bridgehead atoms. The highest BCUT2D eigenvalue weighted by Crippen LogP contribution is 2.56. The van der Waals surface area contributed by atoms with Crippen LogP contribution in [0.25, 0.3) is 0 Å². The Morgan fingerprint density at radius 3 is 2.61 bits per heavy atom. The van der Waals surface area contributed by atoms with Gasteiger partial charge in [0.1, 0.15) is 0 Å². The van der Waals surface area contributed by atoms with Crippen LogP contribution in [0.1, 0.15) is 39.9 Å². The van der Waals surface area contributed by atoms with E-state index in [0.29, 0.717) is 18.4 Å². The summed E-state index contributed by atoms with van der Waals surface area (Å²) < 4.78 is 5.45. The first kappa shape index (κ1) is 18.7. The highest BCUT2D eigenvalue weighted by Gasteiger charge is 2.58. The number of hydrogen-bond donors (Lipinski definition) is 0. The van der Waals surface area contributed by atoms with E-state index in [4.69, 9.17) is 4.74 Å². The molecule has 1 amide bonds. The molecule has 0 N–H and O–H groups in total. The Hall–Kier alpha value is -2.60. The zero-order chi connectivity index (χ0) is 20.1. The lowest BCUT2D eigenvalue weighted by atomic mass is 9.98. The number of carbonyl (C=O) groups is 3. The number of nitrogens with zero attached hydrogens (tertiary/aromatic N) is 1. The molecule has 144 valence electrons. The van der Waals surface area contributed by atoms with E-state index in [1.165, 1.54) is 11.8 Å². The monoisotopic (exact) mass is 395 g/mol. The second-order valence-corrected chi connectivity index (χ2v) is 8.65. The number of esters is 1. The van der Waals surface area contributed by atoms with E-state index in [2.05, 4.69) is 0 Å². The average molecular weight is 395 g/mol. The van der Waals surface area contributed by atoms with Crippen LogP contribution in [0.4, 0.5) is 5.69 Å². The molecule has 1 fully saturated rings. The molecular weight excluding hydrogens is 374 g/mol. The summed E-state index contributed by atoms with van der Waals surface area (Å²) in [5, 5.41) is 0. The number of benzene rings is 2. The van der Waals surface area contributed by atoms with Gasteiger partial charge in [-0.05, 0) is 55.7 Å². The Morgan fingerprint density at radius 1 is 1.11 bits per heavy atom. The Morgan fingerprint density at radius 2 is 1.82 bits per heavy atom. The number of hydrogen-bond acceptors (Lipinski definition) is 5. The zero-order valence-corrected chi connectivity index (χ0v) is 16.9. The van der Waals surface area contributed by atoms with Gasteiger partial charge in [-0.15, -0.1) is 0 Å². The molecule has 2 aliphatic heterocycles. The number of anilines is 1. The van der Waals surface area contributed by atoms with Gasteiger partial charge in [-0.2, -0.15) is 0 Å². The highest BCUT2D eigenvalue weighted by atomic mass is 32.2. The van der Waals surface area contributed by atoms with Crippen molar-refractivity contribution in [3.8, 4) is 0 Å². The van der Waals surface area contributed by atoms with Crippen molar-refractivity contribution in [3.63, 3.8) is 0 Å². The summed E-state index contributed by atoms with van der Waals surface area (Å²) in [6.45, 7) is 5.49. The van der Waals surface area contributed by atoms with Crippen molar-refractivity contribution in [2.75, 3.05) is 11.5 Å². The number of ketones is 1. The molecule has 2 aromatic carbocycles. The van der Waals surface area contributed by atoms with Gasteiger partial charge < -0.3 is 4.74 Å². The van der Waals surface area contributed by atoms with Crippen molar-refractivity contribution in [1.29, 1.82) is 0 Å². The lowest BCUT2D eigenvalue weighted by Gasteiger charge is -2.28. The van der Waals surface area contributed by atoms with Crippen LogP contribution in [-0.4, -0.2) is 29.1 Å². The summed E-state index contributed by atoms with van der Waals surface area (Å²) in [6, 6.07) is 11.3. The van der Waals surface area contributed by atoms with Crippen LogP contribution < -0.4 is 4.90 Å². The number of para-hydroxylation sites is 1. The predicted octanol–water partition coefficient (Wildman–Crippen LogP) is 3.97. The van der Waals surface area contributed by atoms with Gasteiger partial charge in [0.25, 0.3) is 0 Å². The van der Waals surface area contributed by atoms with Gasteiger partial charge in [-0.1, -0.05) is 30.0 Å². The maximum Gasteiger partial charge on any atom is 0.343 e. The number of aryl methyl sites for hydroxylation is 3. The third-order valence-electron chi connectivity index (χ3n) is 5.47. The van der Waals surface area contributed by atoms with Crippen LogP contribution in [-0.2, 0) is 14.3 Å². The highest BCUT2D eigenvalue weighted by molar-refractivity contribution is 8.02. The first-order chi connectivity index (χ1) is 13.3. The maximum atomic E-state index is 13.0. The van der Waals surface area contributed by atoms with Crippen LogP contribution >= 0.6 is 11.8 Å². The zero-order valence-electron chi connectivity index (χ0n) is 16.1. The van der Waals surface area contributed by atoms with Crippen molar-refractivity contribution in [3.05, 3.63) is 58.7 Å². The molecule has 2 aromatic rings. The lowest BCUT2D eigenvalue weighted by molar-refractivity contribution is -0.145. The van der Waals surface area contributed by atoms with Crippen LogP contribution in [0.2, 0.25) is 0 Å². The molecule has 0 unspecified atom stereocenters. The fraction of sp³-hybridized carbons (Fsp3) is 0.318. The summed E-state index contributed by atoms with van der Waals surface area (Å²) in [7, 11) is 0. The number of ether oxygens (including phenoxy) is 1. The van der Waals surface area contributed by atoms with Crippen molar-refractivity contribution in [1.82, 2.24) is 0 Å². The Balaban J connectivity index is 1.54. The number of carbonyl (C=O) groups excluding carboxylic acids is 3. The second-order valence-electron chi connectivity index (χ2n) is 7.33. The van der Waals surface area contributed by atoms with Gasteiger partial charge in [-0.3, -0.25) is 14.5 Å². The van der Waals surface area contributed by atoms with E-state index in [1.807, 2.05) is 57.2 Å². The topological polar surface area (TPSA) is 63.7 Å². The molecule has 0 spiro atoms. The standard InChI is InChI=1S/C22H21NO4S/c1-13-10-15(3)16(11-14(13)2)18(24)12-27-21(26)22-9-8-20(25)23(22)17-6-4-5-7-19(17)28-22/h4-7,10-11H,8-9,12H2,1-3H3/t22-/m0/s1. The van der Waals surface area contributed by atoms with E-state index >= 15 is 0 Å². The summed E-state index contributed by atoms with van der Waals surface area (Å²) in [5.74, 6) is -0.859. The first-order valence-corrected chi connectivity index (χ1v) is 10.0. The Kier molecular flexibility index (Phi) is 4.54. The molecule has 0 radical (unpaired) electrons. The normalized spacial score (nSPS) is 20.1. The summed E-state index contributed by atoms with van der Waals surface area (Å²) >= 11 is 1.34. The fourth-order valence-electron chi connectivity index (χ4n) is 3.85. The third kappa shape index (κ3) is 2.83. The molecule has 2 aliphatic rings. The van der Waals surface area contributed by atoms with Crippen molar-refractivity contribution >= 4 is 35.1 Å². The van der Waals surface area contributed by atoms with Crippen molar-refractivity contribution in [2.45, 2.75) is 43.4 Å². The molecule has 0 aromatic heterocycles. The van der Waals surface area contributed by atoms with E-state index in [-0.39, 0.29) is 18.3 Å². The largest absolute Gasteiger partial charge is 0.455 e. The SMILES string of the molecule is Cc1cc(C)c(C(=O)COC(=O)[C@@]23CCC(=O)N2c2ccccc2S3)cc1C. The molecule has 28 heavy (non-hydrogen) atoms. The van der Waals surface area contributed by atoms with E-state index in [0.717, 1.165) is 27.3 Å². The Labute approximate surface area is 168 Å². The summed E-state index contributed by atoms with van der Waals surface area (Å²) in [6.07, 6.45) is 0.668. The van der Waals surface area contributed by atoms with Crippen molar-refractivity contribution < 1.29 is 19.1 Å². The van der Waals surface area contributed by atoms with Crippen LogP contribution in [0.3, 0.4) is 0 Å². The minimum Gasteiger partial charge on any atom is -0.455 e. The molecule has 4 rings (SSSR count). The second kappa shape index (κ2) is 6.78. The number of fused-ring (bicyclic) bond motifs is 3. The Bertz CT molecular complexity index is 1020. The number of Topliss-reactive ketones (excluding diaryl/α,β-unsaturated/α-hetero) is 1. The molecule has 1 saturated heterocycles. The van der Waals surface area contributed by atoms with Gasteiger partial charge in [0.05, 0.1) is 5.69 Å². The van der Waals surface area contributed by atoms with Crippen LogP contribution in [0.15, 0.2) is 41.3 Å². The minimum atomic E-state index is -1.10. The first-order valence-electron chi connectivity index (χ1n) is 9.23. The molecule has 5 nitrogen and oxygen atoms in total. The molecule has 2 heterocycles. The third-order valence-corrected chi connectivity index (χ3v) is 6.92. The van der Waals surface area contributed by atoms with E-state index in [1.54, 1.807) is 4.90 Å². The molecular formula is C22H21NO4S. The minimum absolute atomic E-state index is 0.0919. The van der Waals surface area contributed by atoms with Crippen molar-refractivity contribution in [2.24, 2.45) is 0 Å². The summed E-state index contributed by atoms with van der Waals surface area (Å²) in [4.78, 5) is 39.4. The number of amides is 1.